The Morgan fingerprint density at radius 2 is 1.86 bits per heavy atom. The first kappa shape index (κ1) is 11.2. The Kier molecular flexibility index (Phi) is 4.14. The van der Waals surface area contributed by atoms with Crippen molar-refractivity contribution in [2.45, 2.75) is 6.42 Å². The van der Waals surface area contributed by atoms with E-state index in [9.17, 15) is 4.79 Å². The van der Waals surface area contributed by atoms with Gasteiger partial charge in [0.05, 0.1) is 0 Å². The van der Waals surface area contributed by atoms with Crippen molar-refractivity contribution in [3.05, 3.63) is 35.4 Å². The van der Waals surface area contributed by atoms with Crippen LogP contribution in [0.3, 0.4) is 0 Å². The number of hydrogen-bond acceptors (Lipinski definition) is 1. The zero-order valence-electron chi connectivity index (χ0n) is 8.46. The van der Waals surface area contributed by atoms with E-state index < -0.39 is 0 Å². The first-order valence-electron chi connectivity index (χ1n) is 4.51. The maximum Gasteiger partial charge on any atom is 0.253 e. The third-order valence-electron chi connectivity index (χ3n) is 1.99. The fourth-order valence-electron chi connectivity index (χ4n) is 1.18. The molecule has 76 valence electrons. The maximum absolute atomic E-state index is 11.5. The molecule has 2 nitrogen and oxygen atoms in total. The number of carbonyl (C=O) groups is 1. The molecule has 0 aliphatic carbocycles. The minimum atomic E-state index is 0.0513. The largest absolute Gasteiger partial charge is 0.345 e. The summed E-state index contributed by atoms with van der Waals surface area (Å²) in [5.41, 5.74) is 1.99. The second-order valence-electron chi connectivity index (χ2n) is 3.34. The predicted molar refractivity (Wildman–Crippen MR) is 62.0 cm³/mol. The van der Waals surface area contributed by atoms with Crippen LogP contribution in [0.5, 0.6) is 0 Å². The lowest BCUT2D eigenvalue weighted by Crippen LogP contribution is -2.21. The van der Waals surface area contributed by atoms with Crippen LogP contribution < -0.4 is 0 Å². The van der Waals surface area contributed by atoms with Gasteiger partial charge in [0.1, 0.15) is 0 Å². The third-order valence-corrected chi connectivity index (χ3v) is 2.39. The molecular weight excluding hydrogens is 242 g/mol. The van der Waals surface area contributed by atoms with Crippen LogP contribution >= 0.6 is 15.9 Å². The Balaban J connectivity index is 2.78. The van der Waals surface area contributed by atoms with Crippen molar-refractivity contribution in [3.63, 3.8) is 0 Å². The normalized spacial score (nSPS) is 9.93. The topological polar surface area (TPSA) is 20.3 Å². The summed E-state index contributed by atoms with van der Waals surface area (Å²) >= 11 is 3.38. The first-order valence-corrected chi connectivity index (χ1v) is 5.64. The molecule has 3 heteroatoms. The molecule has 0 spiro atoms. The van der Waals surface area contributed by atoms with Crippen LogP contribution in [0.15, 0.2) is 24.3 Å². The lowest BCUT2D eigenvalue weighted by atomic mass is 10.1. The number of aryl methyl sites for hydroxylation is 1. The summed E-state index contributed by atoms with van der Waals surface area (Å²) in [7, 11) is 3.52. The Morgan fingerprint density at radius 3 is 2.29 bits per heavy atom. The van der Waals surface area contributed by atoms with E-state index in [0.717, 1.165) is 17.3 Å². The molecule has 1 aromatic rings. The molecule has 1 rings (SSSR count). The molecule has 1 aromatic carbocycles. The summed E-state index contributed by atoms with van der Waals surface area (Å²) in [6.45, 7) is 0. The van der Waals surface area contributed by atoms with E-state index in [4.69, 9.17) is 0 Å². The molecule has 0 atom stereocenters. The average molecular weight is 256 g/mol. The molecule has 0 unspecified atom stereocenters. The van der Waals surface area contributed by atoms with Crippen molar-refractivity contribution >= 4 is 21.8 Å². The Bertz CT molecular complexity index is 306. The third kappa shape index (κ3) is 2.84. The van der Waals surface area contributed by atoms with E-state index in [1.54, 1.807) is 19.0 Å². The Morgan fingerprint density at radius 1 is 1.29 bits per heavy atom. The van der Waals surface area contributed by atoms with Crippen molar-refractivity contribution in [1.29, 1.82) is 0 Å². The van der Waals surface area contributed by atoms with Crippen LogP contribution in [0, 0.1) is 0 Å². The van der Waals surface area contributed by atoms with Crippen LogP contribution in [-0.2, 0) is 6.42 Å². The summed E-state index contributed by atoms with van der Waals surface area (Å²) < 4.78 is 0. The van der Waals surface area contributed by atoms with Gasteiger partial charge in [-0.3, -0.25) is 4.79 Å². The fraction of sp³-hybridized carbons (Fsp3) is 0.364. The van der Waals surface area contributed by atoms with Gasteiger partial charge in [0.25, 0.3) is 5.91 Å². The summed E-state index contributed by atoms with van der Waals surface area (Å²) in [5, 5.41) is 0.952. The van der Waals surface area contributed by atoms with Crippen molar-refractivity contribution < 1.29 is 4.79 Å². The highest BCUT2D eigenvalue weighted by molar-refractivity contribution is 9.09. The number of carbonyl (C=O) groups excluding carboxylic acids is 1. The minimum Gasteiger partial charge on any atom is -0.345 e. The van der Waals surface area contributed by atoms with Gasteiger partial charge in [-0.15, -0.1) is 0 Å². The molecule has 0 bridgehead atoms. The van der Waals surface area contributed by atoms with Gasteiger partial charge in [0, 0.05) is 25.0 Å². The minimum absolute atomic E-state index is 0.0513. The number of benzene rings is 1. The monoisotopic (exact) mass is 255 g/mol. The highest BCUT2D eigenvalue weighted by Gasteiger charge is 2.06. The molecule has 0 N–H and O–H groups in total. The van der Waals surface area contributed by atoms with E-state index >= 15 is 0 Å². The molecular formula is C11H14BrNO. The van der Waals surface area contributed by atoms with Gasteiger partial charge in [-0.05, 0) is 24.1 Å². The lowest BCUT2D eigenvalue weighted by molar-refractivity contribution is 0.0827. The number of alkyl halides is 1. The highest BCUT2D eigenvalue weighted by Crippen LogP contribution is 2.07. The molecule has 0 heterocycles. The molecule has 0 aliphatic heterocycles. The summed E-state index contributed by atoms with van der Waals surface area (Å²) in [5.74, 6) is 0.0513. The number of nitrogens with zero attached hydrogens (tertiary/aromatic N) is 1. The van der Waals surface area contributed by atoms with Gasteiger partial charge < -0.3 is 4.90 Å². The number of halogens is 1. The Labute approximate surface area is 93.0 Å². The number of rotatable bonds is 3. The summed E-state index contributed by atoms with van der Waals surface area (Å²) in [6.07, 6.45) is 0.996. The number of amides is 1. The quantitative estimate of drug-likeness (QED) is 0.760. The highest BCUT2D eigenvalue weighted by atomic mass is 79.9. The summed E-state index contributed by atoms with van der Waals surface area (Å²) in [4.78, 5) is 13.1. The van der Waals surface area contributed by atoms with E-state index in [-0.39, 0.29) is 5.91 Å². The van der Waals surface area contributed by atoms with E-state index in [1.165, 1.54) is 5.56 Å². The molecule has 0 radical (unpaired) electrons. The van der Waals surface area contributed by atoms with Crippen LogP contribution in [0.1, 0.15) is 15.9 Å². The van der Waals surface area contributed by atoms with Gasteiger partial charge in [-0.2, -0.15) is 0 Å². The van der Waals surface area contributed by atoms with Crippen LogP contribution in [-0.4, -0.2) is 30.2 Å². The SMILES string of the molecule is CN(C)C(=O)c1ccc(CCBr)cc1. The lowest BCUT2D eigenvalue weighted by Gasteiger charge is -2.10. The zero-order valence-corrected chi connectivity index (χ0v) is 10.0. The van der Waals surface area contributed by atoms with Crippen molar-refractivity contribution in [3.8, 4) is 0 Å². The van der Waals surface area contributed by atoms with Gasteiger partial charge >= 0.3 is 0 Å². The molecule has 0 saturated carbocycles. The fourth-order valence-corrected chi connectivity index (χ4v) is 1.64. The van der Waals surface area contributed by atoms with Crippen LogP contribution in [0.4, 0.5) is 0 Å². The van der Waals surface area contributed by atoms with Gasteiger partial charge in [0.2, 0.25) is 0 Å². The van der Waals surface area contributed by atoms with Crippen molar-refractivity contribution in [1.82, 2.24) is 4.90 Å². The van der Waals surface area contributed by atoms with Crippen molar-refractivity contribution in [2.75, 3.05) is 19.4 Å². The van der Waals surface area contributed by atoms with E-state index in [2.05, 4.69) is 15.9 Å². The van der Waals surface area contributed by atoms with Gasteiger partial charge in [-0.25, -0.2) is 0 Å². The smallest absolute Gasteiger partial charge is 0.253 e. The van der Waals surface area contributed by atoms with Crippen LogP contribution in [0.2, 0.25) is 0 Å². The Hall–Kier alpha value is -0.830. The zero-order chi connectivity index (χ0) is 10.6. The first-order chi connectivity index (χ1) is 6.65. The standard InChI is InChI=1S/C11H14BrNO/c1-13(2)11(14)10-5-3-9(4-6-10)7-8-12/h3-6H,7-8H2,1-2H3. The predicted octanol–water partition coefficient (Wildman–Crippen LogP) is 2.33. The summed E-state index contributed by atoms with van der Waals surface area (Å²) in [6, 6.07) is 7.75. The van der Waals surface area contributed by atoms with Crippen molar-refractivity contribution in [2.24, 2.45) is 0 Å². The van der Waals surface area contributed by atoms with E-state index in [1.807, 2.05) is 24.3 Å². The second-order valence-corrected chi connectivity index (χ2v) is 4.13. The molecule has 0 aliphatic rings. The second kappa shape index (κ2) is 5.15. The average Bonchev–Trinajstić information content (AvgIpc) is 2.18. The van der Waals surface area contributed by atoms with Gasteiger partial charge in [0.15, 0.2) is 0 Å². The van der Waals surface area contributed by atoms with Gasteiger partial charge in [-0.1, -0.05) is 28.1 Å². The molecule has 0 fully saturated rings. The molecule has 0 saturated heterocycles. The molecule has 14 heavy (non-hydrogen) atoms. The number of hydrogen-bond donors (Lipinski definition) is 0. The maximum atomic E-state index is 11.5. The molecule has 0 aromatic heterocycles. The van der Waals surface area contributed by atoms with Crippen LogP contribution in [0.25, 0.3) is 0 Å². The molecule has 1 amide bonds. The van der Waals surface area contributed by atoms with E-state index in [0.29, 0.717) is 0 Å².